The predicted molar refractivity (Wildman–Crippen MR) is 117 cm³/mol. The van der Waals surface area contributed by atoms with Crippen molar-refractivity contribution in [1.29, 1.82) is 0 Å². The lowest BCUT2D eigenvalue weighted by atomic mass is 9.97. The number of carboxylic acids is 1. The van der Waals surface area contributed by atoms with Crippen molar-refractivity contribution in [3.05, 3.63) is 70.0 Å². The first-order valence-corrected chi connectivity index (χ1v) is 10.3. The van der Waals surface area contributed by atoms with E-state index in [4.69, 9.17) is 0 Å². The Morgan fingerprint density at radius 2 is 1.91 bits per heavy atom. The van der Waals surface area contributed by atoms with Crippen molar-refractivity contribution in [3.8, 4) is 0 Å². The highest BCUT2D eigenvalue weighted by Gasteiger charge is 2.35. The number of hydrogen-bond donors (Lipinski definition) is 3. The third-order valence-electron chi connectivity index (χ3n) is 5.73. The minimum Gasteiger partial charge on any atom is -0.481 e. The molecule has 1 aliphatic rings. The summed E-state index contributed by atoms with van der Waals surface area (Å²) in [5.74, 6) is -2.61. The van der Waals surface area contributed by atoms with Gasteiger partial charge in [0, 0.05) is 35.9 Å². The molecule has 0 bridgehead atoms. The summed E-state index contributed by atoms with van der Waals surface area (Å²) in [5.41, 5.74) is -1.76. The smallest absolute Gasteiger partial charge is 0.418 e. The number of hydrogen-bond acceptors (Lipinski definition) is 4. The van der Waals surface area contributed by atoms with Crippen molar-refractivity contribution in [2.24, 2.45) is 5.92 Å². The number of halogens is 3. The standard InChI is InChI=1S/C23H20F3N3O4/c24-23(25,26)17-10-14(29-9-3-4-13(12-29)22(32)33)7-8-19(17)28-21(31)16-11-27-18-6-2-1-5-15(18)20(16)30/h1-2,5-8,10-11,13H,3-4,9,12H2,(H,27,30)(H,28,31)(H,32,33). The highest BCUT2D eigenvalue weighted by atomic mass is 19.4. The van der Waals surface area contributed by atoms with Crippen LogP contribution in [0.15, 0.2) is 53.5 Å². The molecule has 3 aromatic rings. The number of benzene rings is 2. The average molecular weight is 459 g/mol. The van der Waals surface area contributed by atoms with E-state index >= 15 is 0 Å². The molecule has 1 fully saturated rings. The van der Waals surface area contributed by atoms with Gasteiger partial charge < -0.3 is 20.3 Å². The molecule has 1 saturated heterocycles. The minimum absolute atomic E-state index is 0.102. The van der Waals surface area contributed by atoms with Crippen LogP contribution >= 0.6 is 0 Å². The number of nitrogens with one attached hydrogen (secondary N) is 2. The number of piperidine rings is 1. The zero-order valence-corrected chi connectivity index (χ0v) is 17.3. The maximum atomic E-state index is 13.8. The third kappa shape index (κ3) is 4.55. The van der Waals surface area contributed by atoms with Crippen LogP contribution in [0.5, 0.6) is 0 Å². The van der Waals surface area contributed by atoms with Gasteiger partial charge in [-0.1, -0.05) is 12.1 Å². The average Bonchev–Trinajstić information content (AvgIpc) is 2.79. The van der Waals surface area contributed by atoms with Gasteiger partial charge in [-0.25, -0.2) is 0 Å². The van der Waals surface area contributed by atoms with E-state index in [1.54, 1.807) is 23.1 Å². The fourth-order valence-corrected chi connectivity index (χ4v) is 4.01. The Kier molecular flexibility index (Phi) is 5.84. The van der Waals surface area contributed by atoms with E-state index in [9.17, 15) is 32.7 Å². The van der Waals surface area contributed by atoms with Crippen LogP contribution in [0.25, 0.3) is 10.9 Å². The van der Waals surface area contributed by atoms with Crippen molar-refractivity contribution in [3.63, 3.8) is 0 Å². The first kappa shape index (κ1) is 22.4. The van der Waals surface area contributed by atoms with Gasteiger partial charge in [-0.3, -0.25) is 14.4 Å². The normalized spacial score (nSPS) is 16.6. The lowest BCUT2D eigenvalue weighted by molar-refractivity contribution is -0.142. The topological polar surface area (TPSA) is 102 Å². The molecule has 7 nitrogen and oxygen atoms in total. The zero-order chi connectivity index (χ0) is 23.8. The Labute approximate surface area is 185 Å². The quantitative estimate of drug-likeness (QED) is 0.545. The summed E-state index contributed by atoms with van der Waals surface area (Å²) in [7, 11) is 0. The molecular weight excluding hydrogens is 439 g/mol. The molecule has 1 amide bonds. The van der Waals surface area contributed by atoms with Gasteiger partial charge >= 0.3 is 12.1 Å². The number of amides is 1. The first-order chi connectivity index (χ1) is 15.6. The second-order valence-corrected chi connectivity index (χ2v) is 7.88. The monoisotopic (exact) mass is 459 g/mol. The third-order valence-corrected chi connectivity index (χ3v) is 5.73. The molecule has 1 atom stereocenters. The van der Waals surface area contributed by atoms with E-state index in [2.05, 4.69) is 10.3 Å². The van der Waals surface area contributed by atoms with E-state index in [1.165, 1.54) is 18.3 Å². The van der Waals surface area contributed by atoms with Gasteiger partial charge in [0.15, 0.2) is 0 Å². The SMILES string of the molecule is O=C(Nc1ccc(N2CCCC(C(=O)O)C2)cc1C(F)(F)F)c1c[nH]c2ccccc2c1=O. The number of para-hydroxylation sites is 1. The van der Waals surface area contributed by atoms with Gasteiger partial charge in [0.2, 0.25) is 5.43 Å². The van der Waals surface area contributed by atoms with Crippen LogP contribution in [0.4, 0.5) is 24.5 Å². The highest BCUT2D eigenvalue weighted by Crippen LogP contribution is 2.38. The van der Waals surface area contributed by atoms with E-state index < -0.39 is 40.7 Å². The van der Waals surface area contributed by atoms with Crippen LogP contribution < -0.4 is 15.6 Å². The van der Waals surface area contributed by atoms with Gasteiger partial charge in [0.1, 0.15) is 5.56 Å². The number of aromatic nitrogens is 1. The molecule has 0 saturated carbocycles. The van der Waals surface area contributed by atoms with Crippen LogP contribution in [0.2, 0.25) is 0 Å². The van der Waals surface area contributed by atoms with E-state index in [0.29, 0.717) is 24.9 Å². The molecular formula is C23H20F3N3O4. The van der Waals surface area contributed by atoms with Crippen LogP contribution in [0.3, 0.4) is 0 Å². The number of H-pyrrole nitrogens is 1. The van der Waals surface area contributed by atoms with Crippen LogP contribution in [0, 0.1) is 5.92 Å². The zero-order valence-electron chi connectivity index (χ0n) is 17.3. The molecule has 1 aliphatic heterocycles. The molecule has 0 spiro atoms. The fourth-order valence-electron chi connectivity index (χ4n) is 4.01. The summed E-state index contributed by atoms with van der Waals surface area (Å²) in [5, 5.41) is 11.7. The lowest BCUT2D eigenvalue weighted by Gasteiger charge is -2.33. The number of anilines is 2. The summed E-state index contributed by atoms with van der Waals surface area (Å²) in [6.07, 6.45) is -2.61. The summed E-state index contributed by atoms with van der Waals surface area (Å²) >= 11 is 0. The highest BCUT2D eigenvalue weighted by molar-refractivity contribution is 6.06. The number of aromatic amines is 1. The fraction of sp³-hybridized carbons (Fsp3) is 0.261. The summed E-state index contributed by atoms with van der Waals surface area (Å²) in [6.45, 7) is 0.532. The number of carbonyl (C=O) groups is 2. The molecule has 1 aromatic heterocycles. The number of nitrogens with zero attached hydrogens (tertiary/aromatic N) is 1. The number of aliphatic carboxylic acids is 1. The van der Waals surface area contributed by atoms with E-state index in [-0.39, 0.29) is 23.2 Å². The largest absolute Gasteiger partial charge is 0.481 e. The lowest BCUT2D eigenvalue weighted by Crippen LogP contribution is -2.38. The Balaban J connectivity index is 1.65. The number of alkyl halides is 3. The van der Waals surface area contributed by atoms with E-state index in [1.807, 2.05) is 0 Å². The molecule has 3 N–H and O–H groups in total. The molecule has 0 aliphatic carbocycles. The number of pyridine rings is 1. The van der Waals surface area contributed by atoms with Gasteiger partial charge in [-0.05, 0) is 43.2 Å². The summed E-state index contributed by atoms with van der Waals surface area (Å²) in [6, 6.07) is 9.91. The molecule has 2 aromatic carbocycles. The molecule has 172 valence electrons. The van der Waals surface area contributed by atoms with E-state index in [0.717, 1.165) is 12.1 Å². The summed E-state index contributed by atoms with van der Waals surface area (Å²) in [4.78, 5) is 41.0. The first-order valence-electron chi connectivity index (χ1n) is 10.3. The maximum Gasteiger partial charge on any atom is 0.418 e. The predicted octanol–water partition coefficient (Wildman–Crippen LogP) is 4.10. The van der Waals surface area contributed by atoms with Gasteiger partial charge in [-0.2, -0.15) is 13.2 Å². The van der Waals surface area contributed by atoms with Gasteiger partial charge in [0.25, 0.3) is 5.91 Å². The van der Waals surface area contributed by atoms with Crippen LogP contribution in [-0.4, -0.2) is 35.1 Å². The molecule has 4 rings (SSSR count). The van der Waals surface area contributed by atoms with Crippen LogP contribution in [-0.2, 0) is 11.0 Å². The van der Waals surface area contributed by atoms with Crippen molar-refractivity contribution >= 4 is 34.2 Å². The molecule has 1 unspecified atom stereocenters. The molecule has 10 heteroatoms. The Morgan fingerprint density at radius 1 is 1.15 bits per heavy atom. The minimum atomic E-state index is -4.78. The van der Waals surface area contributed by atoms with Crippen molar-refractivity contribution in [1.82, 2.24) is 4.98 Å². The van der Waals surface area contributed by atoms with Crippen LogP contribution in [0.1, 0.15) is 28.8 Å². The second-order valence-electron chi connectivity index (χ2n) is 7.88. The maximum absolute atomic E-state index is 13.8. The second kappa shape index (κ2) is 8.61. The number of fused-ring (bicyclic) bond motifs is 1. The van der Waals surface area contributed by atoms with Gasteiger partial charge in [-0.15, -0.1) is 0 Å². The summed E-state index contributed by atoms with van der Waals surface area (Å²) < 4.78 is 41.4. The number of carbonyl (C=O) groups excluding carboxylic acids is 1. The molecule has 2 heterocycles. The van der Waals surface area contributed by atoms with Crippen molar-refractivity contribution in [2.45, 2.75) is 19.0 Å². The Hall–Kier alpha value is -3.82. The Morgan fingerprint density at radius 3 is 2.64 bits per heavy atom. The molecule has 0 radical (unpaired) electrons. The number of carboxylic acid groups (broad SMARTS) is 1. The van der Waals surface area contributed by atoms with Gasteiger partial charge in [0.05, 0.1) is 17.2 Å². The Bertz CT molecular complexity index is 1290. The molecule has 33 heavy (non-hydrogen) atoms. The van der Waals surface area contributed by atoms with Crippen molar-refractivity contribution < 1.29 is 27.9 Å². The van der Waals surface area contributed by atoms with Crippen molar-refractivity contribution in [2.75, 3.05) is 23.3 Å². The number of rotatable bonds is 4.